The van der Waals surface area contributed by atoms with Gasteiger partial charge in [-0.2, -0.15) is 0 Å². The van der Waals surface area contributed by atoms with Crippen molar-refractivity contribution in [3.05, 3.63) is 81.3 Å². The Kier molecular flexibility index (Phi) is 5.16. The maximum atomic E-state index is 13.9. The van der Waals surface area contributed by atoms with Crippen LogP contribution in [0.15, 0.2) is 51.7 Å². The van der Waals surface area contributed by atoms with Crippen LogP contribution < -0.4 is 22.2 Å². The third kappa shape index (κ3) is 3.67. The monoisotopic (exact) mass is 434 g/mol. The Bertz CT molecular complexity index is 1440. The topological polar surface area (TPSA) is 124 Å². The highest BCUT2D eigenvalue weighted by Gasteiger charge is 2.24. The molecule has 1 unspecified atom stereocenters. The number of hydrogen-bond donors (Lipinski definition) is 3. The highest BCUT2D eigenvalue weighted by Crippen LogP contribution is 2.35. The molecule has 2 aromatic carbocycles. The Labute approximate surface area is 180 Å². The summed E-state index contributed by atoms with van der Waals surface area (Å²) >= 11 is 0. The molecule has 0 aliphatic heterocycles. The minimum Gasteiger partial charge on any atom is -0.455 e. The number of nitrogens with one attached hydrogen (secondary N) is 1. The summed E-state index contributed by atoms with van der Waals surface area (Å²) in [4.78, 5) is 24.5. The summed E-state index contributed by atoms with van der Waals surface area (Å²) in [5, 5.41) is 3.21. The van der Waals surface area contributed by atoms with E-state index >= 15 is 0 Å². The Morgan fingerprint density at radius 1 is 1.12 bits per heavy atom. The van der Waals surface area contributed by atoms with Crippen molar-refractivity contribution in [3.8, 4) is 11.3 Å². The first-order chi connectivity index (χ1) is 15.3. The lowest BCUT2D eigenvalue weighted by molar-refractivity contribution is 0.575. The smallest absolute Gasteiger partial charge is 0.268 e. The number of para-hydroxylation sites is 1. The van der Waals surface area contributed by atoms with Crippen LogP contribution in [-0.2, 0) is 0 Å². The number of anilines is 3. The van der Waals surface area contributed by atoms with Gasteiger partial charge in [0.1, 0.15) is 34.6 Å². The average Bonchev–Trinajstić information content (AvgIpc) is 2.72. The van der Waals surface area contributed by atoms with Gasteiger partial charge in [0.2, 0.25) is 5.95 Å². The number of hydrogen-bond acceptors (Lipinski definition) is 7. The van der Waals surface area contributed by atoms with Crippen LogP contribution in [-0.4, -0.2) is 9.97 Å². The zero-order chi connectivity index (χ0) is 23.0. The molecule has 4 aromatic rings. The molecule has 0 aliphatic rings. The molecule has 0 bridgehead atoms. The van der Waals surface area contributed by atoms with Gasteiger partial charge >= 0.3 is 0 Å². The van der Waals surface area contributed by atoms with E-state index in [4.69, 9.17) is 22.5 Å². The van der Waals surface area contributed by atoms with E-state index in [1.54, 1.807) is 31.2 Å². The number of benzene rings is 2. The Hall–Kier alpha value is -4.52. The fraction of sp³-hybridized carbons (Fsp3) is 0.0909. The van der Waals surface area contributed by atoms with Crippen LogP contribution in [0.1, 0.15) is 18.5 Å². The van der Waals surface area contributed by atoms with E-state index in [1.165, 1.54) is 0 Å². The number of nitrogens with two attached hydrogens (primary N) is 2. The molecule has 0 radical (unpaired) electrons. The molecule has 0 amide bonds. The first kappa shape index (κ1) is 20.7. The number of aromatic nitrogens is 2. The fourth-order valence-electron chi connectivity index (χ4n) is 3.43. The molecular weight excluding hydrogens is 418 g/mol. The first-order valence-corrected chi connectivity index (χ1v) is 9.37. The molecule has 5 N–H and O–H groups in total. The Balaban J connectivity index is 1.94. The molecule has 0 spiro atoms. The van der Waals surface area contributed by atoms with E-state index in [0.29, 0.717) is 0 Å². The van der Waals surface area contributed by atoms with Gasteiger partial charge in [0, 0.05) is 11.6 Å². The normalized spacial score (nSPS) is 11.8. The molecular formula is C22H16F2N6O2. The maximum absolute atomic E-state index is 13.9. The summed E-state index contributed by atoms with van der Waals surface area (Å²) in [6.07, 6.45) is 0. The molecule has 1 atom stereocenters. The van der Waals surface area contributed by atoms with Crippen molar-refractivity contribution < 1.29 is 13.2 Å². The van der Waals surface area contributed by atoms with Gasteiger partial charge < -0.3 is 21.2 Å². The number of nitrogens with zero attached hydrogens (tertiary/aromatic N) is 3. The number of fused-ring (bicyclic) bond motifs is 1. The van der Waals surface area contributed by atoms with Gasteiger partial charge in [-0.15, -0.1) is 0 Å². The zero-order valence-corrected chi connectivity index (χ0v) is 16.7. The van der Waals surface area contributed by atoms with Crippen LogP contribution in [0.2, 0.25) is 0 Å². The van der Waals surface area contributed by atoms with Crippen molar-refractivity contribution in [2.75, 3.05) is 16.8 Å². The van der Waals surface area contributed by atoms with Gasteiger partial charge in [-0.25, -0.2) is 23.6 Å². The maximum Gasteiger partial charge on any atom is 0.268 e. The summed E-state index contributed by atoms with van der Waals surface area (Å²) in [6, 6.07) is 8.56. The third-order valence-corrected chi connectivity index (χ3v) is 4.78. The van der Waals surface area contributed by atoms with Crippen molar-refractivity contribution in [2.45, 2.75) is 13.0 Å². The van der Waals surface area contributed by atoms with Crippen LogP contribution in [0, 0.1) is 18.2 Å². The highest BCUT2D eigenvalue weighted by atomic mass is 19.1. The van der Waals surface area contributed by atoms with Crippen LogP contribution in [0.3, 0.4) is 0 Å². The standard InChI is InChI=1S/C22H16F2N6O2/c1-10(28-21-17(27-2)20(25)29-22(26)30-21)16-18(31)14-5-3-4-6-15(14)32-19(16)11-7-12(23)9-13(24)8-11/h3-10H,1H3,(H5,25,26,28,29,30). The lowest BCUT2D eigenvalue weighted by Gasteiger charge is -2.19. The van der Waals surface area contributed by atoms with Gasteiger partial charge in [-0.3, -0.25) is 4.79 Å². The largest absolute Gasteiger partial charge is 0.455 e. The van der Waals surface area contributed by atoms with Crippen LogP contribution in [0.4, 0.5) is 32.1 Å². The van der Waals surface area contributed by atoms with Crippen molar-refractivity contribution >= 4 is 34.2 Å². The van der Waals surface area contributed by atoms with E-state index < -0.39 is 23.1 Å². The Morgan fingerprint density at radius 2 is 1.81 bits per heavy atom. The summed E-state index contributed by atoms with van der Waals surface area (Å²) in [5.74, 6) is -1.95. The number of halogens is 2. The second kappa shape index (κ2) is 7.96. The molecule has 2 heterocycles. The number of nitrogen functional groups attached to an aromatic ring is 2. The Morgan fingerprint density at radius 3 is 2.50 bits per heavy atom. The molecule has 0 fully saturated rings. The second-order valence-corrected chi connectivity index (χ2v) is 6.97. The van der Waals surface area contributed by atoms with E-state index in [2.05, 4.69) is 20.1 Å². The second-order valence-electron chi connectivity index (χ2n) is 6.97. The molecule has 2 aromatic heterocycles. The molecule has 0 saturated carbocycles. The van der Waals surface area contributed by atoms with Gasteiger partial charge in [0.25, 0.3) is 5.69 Å². The number of rotatable bonds is 4. The quantitative estimate of drug-likeness (QED) is 0.406. The van der Waals surface area contributed by atoms with Gasteiger partial charge in [-0.1, -0.05) is 12.1 Å². The minimum atomic E-state index is -0.825. The van der Waals surface area contributed by atoms with Crippen LogP contribution >= 0.6 is 0 Å². The predicted octanol–water partition coefficient (Wildman–Crippen LogP) is 4.42. The third-order valence-electron chi connectivity index (χ3n) is 4.78. The summed E-state index contributed by atoms with van der Waals surface area (Å²) < 4.78 is 33.8. The zero-order valence-electron chi connectivity index (χ0n) is 16.7. The van der Waals surface area contributed by atoms with E-state index in [1.807, 2.05) is 0 Å². The van der Waals surface area contributed by atoms with Gasteiger partial charge in [0.05, 0.1) is 23.6 Å². The molecule has 10 heteroatoms. The fourth-order valence-corrected chi connectivity index (χ4v) is 3.43. The van der Waals surface area contributed by atoms with Crippen LogP contribution in [0.5, 0.6) is 0 Å². The highest BCUT2D eigenvalue weighted by molar-refractivity contribution is 5.82. The summed E-state index contributed by atoms with van der Waals surface area (Å²) in [7, 11) is 0. The molecule has 160 valence electrons. The van der Waals surface area contributed by atoms with E-state index in [9.17, 15) is 13.6 Å². The van der Waals surface area contributed by atoms with Gasteiger partial charge in [0.15, 0.2) is 5.43 Å². The minimum absolute atomic E-state index is 0.0152. The average molecular weight is 434 g/mol. The molecule has 0 aliphatic carbocycles. The molecule has 0 saturated heterocycles. The predicted molar refractivity (Wildman–Crippen MR) is 117 cm³/mol. The van der Waals surface area contributed by atoms with Crippen LogP contribution in [0.25, 0.3) is 27.1 Å². The van der Waals surface area contributed by atoms with Crippen molar-refractivity contribution in [1.29, 1.82) is 0 Å². The lowest BCUT2D eigenvalue weighted by Crippen LogP contribution is -2.20. The summed E-state index contributed by atoms with van der Waals surface area (Å²) in [5.41, 5.74) is 11.3. The van der Waals surface area contributed by atoms with Gasteiger partial charge in [-0.05, 0) is 31.2 Å². The van der Waals surface area contributed by atoms with Crippen molar-refractivity contribution in [3.63, 3.8) is 0 Å². The lowest BCUT2D eigenvalue weighted by atomic mass is 9.99. The first-order valence-electron chi connectivity index (χ1n) is 9.37. The molecule has 32 heavy (non-hydrogen) atoms. The van der Waals surface area contributed by atoms with E-state index in [0.717, 1.165) is 18.2 Å². The molecule has 4 rings (SSSR count). The van der Waals surface area contributed by atoms with Crippen molar-refractivity contribution in [1.82, 2.24) is 9.97 Å². The molecule has 8 nitrogen and oxygen atoms in total. The van der Waals surface area contributed by atoms with Crippen molar-refractivity contribution in [2.24, 2.45) is 0 Å². The van der Waals surface area contributed by atoms with E-state index in [-0.39, 0.29) is 51.1 Å². The SMILES string of the molecule is [C-]#[N+]c1c(N)nc(N)nc1NC(C)c1c(-c2cc(F)cc(F)c2)oc2ccccc2c1=O. The summed E-state index contributed by atoms with van der Waals surface area (Å²) in [6.45, 7) is 8.95.